The van der Waals surface area contributed by atoms with Gasteiger partial charge in [0, 0.05) is 6.42 Å². The molecule has 1 aliphatic heterocycles. The second kappa shape index (κ2) is 9.14. The van der Waals surface area contributed by atoms with Crippen LogP contribution in [-0.2, 0) is 4.79 Å². The minimum absolute atomic E-state index is 0.149. The average molecular weight is 411 g/mol. The van der Waals surface area contributed by atoms with E-state index >= 15 is 0 Å². The molecule has 0 saturated heterocycles. The van der Waals surface area contributed by atoms with Gasteiger partial charge in [-0.15, -0.1) is 0 Å². The van der Waals surface area contributed by atoms with Gasteiger partial charge in [0.2, 0.25) is 0 Å². The Balaban J connectivity index is 1.55. The minimum Gasteiger partial charge on any atom is -0.497 e. The molecule has 3 aromatic rings. The van der Waals surface area contributed by atoms with Crippen LogP contribution in [0.4, 0.5) is 0 Å². The van der Waals surface area contributed by atoms with Gasteiger partial charge >= 0.3 is 0 Å². The van der Waals surface area contributed by atoms with Gasteiger partial charge in [0.1, 0.15) is 11.5 Å². The van der Waals surface area contributed by atoms with Crippen LogP contribution in [0.25, 0.3) is 0 Å². The molecule has 0 aliphatic carbocycles. The molecular weight excluding hydrogens is 390 g/mol. The van der Waals surface area contributed by atoms with Crippen molar-refractivity contribution in [3.05, 3.63) is 95.6 Å². The Kier molecular flexibility index (Phi) is 5.95. The highest BCUT2D eigenvalue weighted by Crippen LogP contribution is 2.33. The summed E-state index contributed by atoms with van der Waals surface area (Å²) in [5, 5.41) is 15.1. The zero-order valence-corrected chi connectivity index (χ0v) is 17.1. The molecule has 154 valence electrons. The van der Waals surface area contributed by atoms with Crippen molar-refractivity contribution in [3.8, 4) is 17.6 Å². The monoisotopic (exact) mass is 411 g/mol. The number of nitrogens with zero attached hydrogens (tertiary/aromatic N) is 3. The molecular formula is C25H21N3O3. The van der Waals surface area contributed by atoms with E-state index in [0.717, 1.165) is 22.6 Å². The highest BCUT2D eigenvalue weighted by atomic mass is 16.5. The van der Waals surface area contributed by atoms with Crippen molar-refractivity contribution < 1.29 is 14.3 Å². The first-order chi connectivity index (χ1) is 15.2. The molecule has 1 aliphatic rings. The van der Waals surface area contributed by atoms with Crippen molar-refractivity contribution in [3.63, 3.8) is 0 Å². The molecule has 4 rings (SSSR count). The number of hydrogen-bond donors (Lipinski definition) is 0. The standard InChI is InChI=1S/C25H21N3O3/c1-30-21-13-9-20(10-14-21)24-15-23(19-5-3-2-4-6-19)27-28(24)25(29)17-31-22-11-7-18(16-26)8-12-22/h2-14,24H,15,17H2,1H3. The third-order valence-electron chi connectivity index (χ3n) is 5.12. The Morgan fingerprint density at radius 2 is 1.71 bits per heavy atom. The number of amides is 1. The predicted molar refractivity (Wildman–Crippen MR) is 117 cm³/mol. The van der Waals surface area contributed by atoms with Crippen molar-refractivity contribution in [1.82, 2.24) is 5.01 Å². The van der Waals surface area contributed by atoms with Gasteiger partial charge in [0.05, 0.1) is 30.5 Å². The van der Waals surface area contributed by atoms with Gasteiger partial charge in [-0.3, -0.25) is 4.79 Å². The molecule has 0 bridgehead atoms. The summed E-state index contributed by atoms with van der Waals surface area (Å²) in [7, 11) is 1.62. The van der Waals surface area contributed by atoms with Gasteiger partial charge in [-0.1, -0.05) is 42.5 Å². The normalized spacial score (nSPS) is 15.2. The molecule has 0 fully saturated rings. The zero-order chi connectivity index (χ0) is 21.6. The Morgan fingerprint density at radius 1 is 1.03 bits per heavy atom. The van der Waals surface area contributed by atoms with Crippen molar-refractivity contribution in [2.24, 2.45) is 5.10 Å². The summed E-state index contributed by atoms with van der Waals surface area (Å²) in [6.07, 6.45) is 0.610. The van der Waals surface area contributed by atoms with E-state index < -0.39 is 0 Å². The number of rotatable bonds is 6. The summed E-state index contributed by atoms with van der Waals surface area (Å²) in [4.78, 5) is 13.0. The molecule has 0 N–H and O–H groups in total. The summed E-state index contributed by atoms with van der Waals surface area (Å²) in [6, 6.07) is 26.0. The van der Waals surface area contributed by atoms with Gasteiger partial charge in [0.25, 0.3) is 5.91 Å². The largest absolute Gasteiger partial charge is 0.497 e. The van der Waals surface area contributed by atoms with E-state index in [4.69, 9.17) is 14.7 Å². The Morgan fingerprint density at radius 3 is 2.35 bits per heavy atom. The number of carbonyl (C=O) groups is 1. The fraction of sp³-hybridized carbons (Fsp3) is 0.160. The van der Waals surface area contributed by atoms with E-state index in [2.05, 4.69) is 11.2 Å². The molecule has 0 saturated carbocycles. The molecule has 0 spiro atoms. The maximum atomic E-state index is 13.0. The van der Waals surface area contributed by atoms with E-state index in [1.54, 1.807) is 31.4 Å². The zero-order valence-electron chi connectivity index (χ0n) is 17.1. The van der Waals surface area contributed by atoms with Gasteiger partial charge in [-0.25, -0.2) is 5.01 Å². The molecule has 31 heavy (non-hydrogen) atoms. The van der Waals surface area contributed by atoms with Crippen LogP contribution < -0.4 is 9.47 Å². The van der Waals surface area contributed by atoms with Crippen LogP contribution >= 0.6 is 0 Å². The summed E-state index contributed by atoms with van der Waals surface area (Å²) in [5.74, 6) is 1.05. The van der Waals surface area contributed by atoms with Gasteiger partial charge in [0.15, 0.2) is 6.61 Å². The van der Waals surface area contributed by atoms with Gasteiger partial charge in [-0.05, 0) is 47.5 Å². The Bertz CT molecular complexity index is 1120. The summed E-state index contributed by atoms with van der Waals surface area (Å²) in [5.41, 5.74) is 3.36. The molecule has 1 heterocycles. The first kappa shape index (κ1) is 20.2. The first-order valence-corrected chi connectivity index (χ1v) is 9.90. The smallest absolute Gasteiger partial charge is 0.281 e. The molecule has 6 heteroatoms. The van der Waals surface area contributed by atoms with Crippen molar-refractivity contribution >= 4 is 11.6 Å². The molecule has 3 aromatic carbocycles. The number of nitriles is 1. The van der Waals surface area contributed by atoms with Crippen LogP contribution in [0.1, 0.15) is 29.2 Å². The van der Waals surface area contributed by atoms with Crippen LogP contribution in [0, 0.1) is 11.3 Å². The van der Waals surface area contributed by atoms with E-state index in [-0.39, 0.29) is 18.6 Å². The number of methoxy groups -OCH3 is 1. The van der Waals surface area contributed by atoms with Crippen molar-refractivity contribution in [2.45, 2.75) is 12.5 Å². The molecule has 1 amide bonds. The summed E-state index contributed by atoms with van der Waals surface area (Å²) < 4.78 is 10.9. The lowest BCUT2D eigenvalue weighted by molar-refractivity contribution is -0.135. The van der Waals surface area contributed by atoms with Gasteiger partial charge in [-0.2, -0.15) is 10.4 Å². The first-order valence-electron chi connectivity index (χ1n) is 9.90. The number of carbonyl (C=O) groups excluding carboxylic acids is 1. The number of ether oxygens (including phenoxy) is 2. The van der Waals surface area contributed by atoms with Crippen molar-refractivity contribution in [1.29, 1.82) is 5.26 Å². The molecule has 1 atom stereocenters. The SMILES string of the molecule is COc1ccc(C2CC(c3ccccc3)=NN2C(=O)COc2ccc(C#N)cc2)cc1. The summed E-state index contributed by atoms with van der Waals surface area (Å²) >= 11 is 0. The third-order valence-corrected chi connectivity index (χ3v) is 5.12. The lowest BCUT2D eigenvalue weighted by Gasteiger charge is -2.22. The highest BCUT2D eigenvalue weighted by Gasteiger charge is 2.33. The summed E-state index contributed by atoms with van der Waals surface area (Å²) in [6.45, 7) is -0.149. The molecule has 1 unspecified atom stereocenters. The second-order valence-electron chi connectivity index (χ2n) is 7.07. The lowest BCUT2D eigenvalue weighted by Crippen LogP contribution is -2.31. The topological polar surface area (TPSA) is 74.9 Å². The molecule has 0 aromatic heterocycles. The second-order valence-corrected chi connectivity index (χ2v) is 7.07. The molecule has 6 nitrogen and oxygen atoms in total. The highest BCUT2D eigenvalue weighted by molar-refractivity contribution is 6.03. The quantitative estimate of drug-likeness (QED) is 0.605. The molecule has 0 radical (unpaired) electrons. The Hall–Kier alpha value is -4.11. The van der Waals surface area contributed by atoms with Crippen LogP contribution in [0.3, 0.4) is 0 Å². The minimum atomic E-state index is -0.240. The van der Waals surface area contributed by atoms with Crippen LogP contribution in [0.15, 0.2) is 84.0 Å². The van der Waals surface area contributed by atoms with E-state index in [9.17, 15) is 4.79 Å². The van der Waals surface area contributed by atoms with Gasteiger partial charge < -0.3 is 9.47 Å². The van der Waals surface area contributed by atoms with E-state index in [1.165, 1.54) is 5.01 Å². The van der Waals surface area contributed by atoms with Crippen LogP contribution in [0.5, 0.6) is 11.5 Å². The Labute approximate surface area is 181 Å². The lowest BCUT2D eigenvalue weighted by atomic mass is 9.98. The maximum absolute atomic E-state index is 13.0. The van der Waals surface area contributed by atoms with Crippen LogP contribution in [0.2, 0.25) is 0 Å². The fourth-order valence-corrected chi connectivity index (χ4v) is 3.47. The third kappa shape index (κ3) is 4.57. The van der Waals surface area contributed by atoms with Crippen molar-refractivity contribution in [2.75, 3.05) is 13.7 Å². The maximum Gasteiger partial charge on any atom is 0.281 e. The predicted octanol–water partition coefficient (Wildman–Crippen LogP) is 4.32. The average Bonchev–Trinajstić information content (AvgIpc) is 3.29. The van der Waals surface area contributed by atoms with Crippen LogP contribution in [-0.4, -0.2) is 30.3 Å². The number of hydrazone groups is 1. The number of benzene rings is 3. The van der Waals surface area contributed by atoms with E-state index in [1.807, 2.05) is 54.6 Å². The van der Waals surface area contributed by atoms with E-state index in [0.29, 0.717) is 17.7 Å². The fourth-order valence-electron chi connectivity index (χ4n) is 3.47. The number of hydrogen-bond acceptors (Lipinski definition) is 5.